The molecule has 1 saturated heterocycles. The number of nitrogens with zero attached hydrogens (tertiary/aromatic N) is 1. The zero-order valence-electron chi connectivity index (χ0n) is 12.7. The van der Waals surface area contributed by atoms with Crippen LogP contribution >= 0.6 is 12.4 Å². The maximum absolute atomic E-state index is 12.9. The number of hydrogen-bond donors (Lipinski definition) is 1. The van der Waals surface area contributed by atoms with E-state index in [1.807, 2.05) is 19.9 Å². The van der Waals surface area contributed by atoms with Crippen LogP contribution in [0.3, 0.4) is 0 Å². The summed E-state index contributed by atoms with van der Waals surface area (Å²) in [5, 5.41) is 3.22. The summed E-state index contributed by atoms with van der Waals surface area (Å²) in [6.07, 6.45) is 0.826. The molecule has 1 aromatic carbocycles. The van der Waals surface area contributed by atoms with Crippen molar-refractivity contribution >= 4 is 22.4 Å². The molecule has 1 aliphatic heterocycles. The molecule has 0 unspecified atom stereocenters. The van der Waals surface area contributed by atoms with E-state index in [0.29, 0.717) is 30.3 Å². The Morgan fingerprint density at radius 3 is 2.57 bits per heavy atom. The van der Waals surface area contributed by atoms with Crippen LogP contribution in [0.15, 0.2) is 17.0 Å². The van der Waals surface area contributed by atoms with E-state index >= 15 is 0 Å². The van der Waals surface area contributed by atoms with Crippen LogP contribution in [-0.2, 0) is 10.0 Å². The van der Waals surface area contributed by atoms with Gasteiger partial charge in [0.25, 0.3) is 0 Å². The van der Waals surface area contributed by atoms with Crippen molar-refractivity contribution in [1.82, 2.24) is 9.62 Å². The molecule has 0 spiro atoms. The highest BCUT2D eigenvalue weighted by atomic mass is 35.5. The largest absolute Gasteiger partial charge is 0.495 e. The van der Waals surface area contributed by atoms with Gasteiger partial charge in [-0.15, -0.1) is 12.4 Å². The number of nitrogens with one attached hydrogen (secondary N) is 1. The van der Waals surface area contributed by atoms with Gasteiger partial charge in [0.1, 0.15) is 10.6 Å². The van der Waals surface area contributed by atoms with Gasteiger partial charge in [0.05, 0.1) is 7.11 Å². The molecule has 21 heavy (non-hydrogen) atoms. The third kappa shape index (κ3) is 3.88. The summed E-state index contributed by atoms with van der Waals surface area (Å²) in [6.45, 7) is 6.34. The van der Waals surface area contributed by atoms with Crippen LogP contribution < -0.4 is 10.1 Å². The van der Waals surface area contributed by atoms with Crippen molar-refractivity contribution in [2.75, 3.05) is 33.3 Å². The minimum atomic E-state index is -3.51. The molecule has 1 N–H and O–H groups in total. The standard InChI is InChI=1S/C14H22N2O3S.ClH/c1-11-9-12(2)14(13(10-11)19-3)20(17,18)16-7-4-5-15-6-8-16;/h9-10,15H,4-8H2,1-3H3;1H. The van der Waals surface area contributed by atoms with E-state index in [0.717, 1.165) is 24.1 Å². The van der Waals surface area contributed by atoms with Crippen molar-refractivity contribution in [3.8, 4) is 5.75 Å². The van der Waals surface area contributed by atoms with Crippen molar-refractivity contribution in [2.45, 2.75) is 25.2 Å². The Bertz CT molecular complexity index is 582. The van der Waals surface area contributed by atoms with Gasteiger partial charge in [0, 0.05) is 19.6 Å². The maximum atomic E-state index is 12.9. The number of rotatable bonds is 3. The Morgan fingerprint density at radius 1 is 1.19 bits per heavy atom. The second-order valence-corrected chi connectivity index (χ2v) is 7.00. The fraction of sp³-hybridized carbons (Fsp3) is 0.571. The van der Waals surface area contributed by atoms with Gasteiger partial charge in [0.15, 0.2) is 0 Å². The predicted octanol–water partition coefficient (Wildman–Crippen LogP) is 1.72. The van der Waals surface area contributed by atoms with Crippen molar-refractivity contribution in [3.05, 3.63) is 23.3 Å². The number of aryl methyl sites for hydroxylation is 2. The average molecular weight is 335 g/mol. The minimum Gasteiger partial charge on any atom is -0.495 e. The van der Waals surface area contributed by atoms with Crippen LogP contribution in [0.2, 0.25) is 0 Å². The molecular weight excluding hydrogens is 312 g/mol. The van der Waals surface area contributed by atoms with Crippen LogP contribution in [-0.4, -0.2) is 46.0 Å². The summed E-state index contributed by atoms with van der Waals surface area (Å²) >= 11 is 0. The van der Waals surface area contributed by atoms with Gasteiger partial charge in [0.2, 0.25) is 10.0 Å². The van der Waals surface area contributed by atoms with E-state index in [4.69, 9.17) is 4.74 Å². The van der Waals surface area contributed by atoms with Crippen molar-refractivity contribution < 1.29 is 13.2 Å². The number of methoxy groups -OCH3 is 1. The highest BCUT2D eigenvalue weighted by Crippen LogP contribution is 2.31. The third-order valence-electron chi connectivity index (χ3n) is 3.50. The topological polar surface area (TPSA) is 58.6 Å². The molecule has 120 valence electrons. The normalized spacial score (nSPS) is 16.9. The smallest absolute Gasteiger partial charge is 0.247 e. The van der Waals surface area contributed by atoms with Crippen molar-refractivity contribution in [3.63, 3.8) is 0 Å². The van der Waals surface area contributed by atoms with Crippen LogP contribution in [0.1, 0.15) is 17.5 Å². The zero-order valence-corrected chi connectivity index (χ0v) is 14.3. The van der Waals surface area contributed by atoms with Gasteiger partial charge in [-0.25, -0.2) is 8.42 Å². The van der Waals surface area contributed by atoms with E-state index in [1.165, 1.54) is 7.11 Å². The highest BCUT2D eigenvalue weighted by Gasteiger charge is 2.29. The fourth-order valence-corrected chi connectivity index (χ4v) is 4.41. The van der Waals surface area contributed by atoms with E-state index in [-0.39, 0.29) is 12.4 Å². The first-order chi connectivity index (χ1) is 9.46. The maximum Gasteiger partial charge on any atom is 0.247 e. The van der Waals surface area contributed by atoms with Crippen LogP contribution in [0.5, 0.6) is 5.75 Å². The minimum absolute atomic E-state index is 0. The number of benzene rings is 1. The van der Waals surface area contributed by atoms with Gasteiger partial charge in [-0.05, 0) is 44.0 Å². The summed E-state index contributed by atoms with van der Waals surface area (Å²) in [5.41, 5.74) is 1.73. The number of halogens is 1. The molecule has 7 heteroatoms. The molecule has 1 aromatic rings. The summed E-state index contributed by atoms with van der Waals surface area (Å²) in [5.74, 6) is 0.430. The molecule has 0 saturated carbocycles. The van der Waals surface area contributed by atoms with Gasteiger partial charge in [-0.3, -0.25) is 0 Å². The Kier molecular flexibility index (Phi) is 6.46. The molecule has 5 nitrogen and oxygen atoms in total. The van der Waals surface area contributed by atoms with Gasteiger partial charge >= 0.3 is 0 Å². The molecule has 0 aromatic heterocycles. The summed E-state index contributed by atoms with van der Waals surface area (Å²) in [7, 11) is -2.00. The fourth-order valence-electron chi connectivity index (χ4n) is 2.59. The SMILES string of the molecule is COc1cc(C)cc(C)c1S(=O)(=O)N1CCCNCC1.Cl. The first-order valence-corrected chi connectivity index (χ1v) is 8.27. The summed E-state index contributed by atoms with van der Waals surface area (Å²) in [6, 6.07) is 3.65. The first kappa shape index (κ1) is 18.2. The Hall–Kier alpha value is -0.820. The zero-order chi connectivity index (χ0) is 14.8. The van der Waals surface area contributed by atoms with Crippen LogP contribution in [0.25, 0.3) is 0 Å². The van der Waals surface area contributed by atoms with Crippen LogP contribution in [0, 0.1) is 13.8 Å². The van der Waals surface area contributed by atoms with E-state index < -0.39 is 10.0 Å². The second-order valence-electron chi connectivity index (χ2n) is 5.12. The number of hydrogen-bond acceptors (Lipinski definition) is 4. The van der Waals surface area contributed by atoms with E-state index in [9.17, 15) is 8.42 Å². The third-order valence-corrected chi connectivity index (χ3v) is 5.59. The lowest BCUT2D eigenvalue weighted by atomic mass is 10.1. The molecular formula is C14H23ClN2O3S. The lowest BCUT2D eigenvalue weighted by Crippen LogP contribution is -2.34. The lowest BCUT2D eigenvalue weighted by molar-refractivity contribution is 0.392. The predicted molar refractivity (Wildman–Crippen MR) is 86.0 cm³/mol. The van der Waals surface area contributed by atoms with Crippen molar-refractivity contribution in [1.29, 1.82) is 0 Å². The van der Waals surface area contributed by atoms with Gasteiger partial charge < -0.3 is 10.1 Å². The molecule has 0 radical (unpaired) electrons. The summed E-state index contributed by atoms with van der Waals surface area (Å²) in [4.78, 5) is 0.299. The highest BCUT2D eigenvalue weighted by molar-refractivity contribution is 7.89. The van der Waals surface area contributed by atoms with E-state index in [2.05, 4.69) is 5.32 Å². The van der Waals surface area contributed by atoms with E-state index in [1.54, 1.807) is 10.4 Å². The molecule has 2 rings (SSSR count). The quantitative estimate of drug-likeness (QED) is 0.914. The van der Waals surface area contributed by atoms with Gasteiger partial charge in [-0.1, -0.05) is 6.07 Å². The molecule has 1 aliphatic rings. The Morgan fingerprint density at radius 2 is 1.90 bits per heavy atom. The molecule has 1 fully saturated rings. The van der Waals surface area contributed by atoms with Crippen molar-refractivity contribution in [2.24, 2.45) is 0 Å². The molecule has 0 bridgehead atoms. The van der Waals surface area contributed by atoms with Gasteiger partial charge in [-0.2, -0.15) is 4.31 Å². The lowest BCUT2D eigenvalue weighted by Gasteiger charge is -2.22. The van der Waals surface area contributed by atoms with Crippen LogP contribution in [0.4, 0.5) is 0 Å². The molecule has 0 aliphatic carbocycles. The summed E-state index contributed by atoms with van der Waals surface area (Å²) < 4.78 is 32.6. The molecule has 1 heterocycles. The second kappa shape index (κ2) is 7.45. The number of sulfonamides is 1. The first-order valence-electron chi connectivity index (χ1n) is 6.83. The molecule has 0 atom stereocenters. The number of ether oxygens (including phenoxy) is 1. The average Bonchev–Trinajstić information content (AvgIpc) is 2.66. The monoisotopic (exact) mass is 334 g/mol. The molecule has 0 amide bonds. The Balaban J connectivity index is 0.00000220. The Labute approximate surface area is 133 Å².